The van der Waals surface area contributed by atoms with Crippen molar-refractivity contribution in [3.63, 3.8) is 0 Å². The van der Waals surface area contributed by atoms with E-state index in [1.807, 2.05) is 30.3 Å². The zero-order valence-corrected chi connectivity index (χ0v) is 26.3. The lowest BCUT2D eigenvalue weighted by atomic mass is 9.51. The van der Waals surface area contributed by atoms with Crippen molar-refractivity contribution in [2.24, 2.45) is 0 Å². The summed E-state index contributed by atoms with van der Waals surface area (Å²) in [6.07, 6.45) is 0. The number of hydrogen-bond donors (Lipinski definition) is 0. The van der Waals surface area contributed by atoms with E-state index in [4.69, 9.17) is 21.0 Å². The number of benzene rings is 7. The molecular formula is C42H24BClN2O2. The molecule has 0 atom stereocenters. The Morgan fingerprint density at radius 2 is 1.08 bits per heavy atom. The average molecular weight is 635 g/mol. The maximum Gasteiger partial charge on any atom is 0.434 e. The Morgan fingerprint density at radius 1 is 0.458 bits per heavy atom. The molecule has 9 aromatic rings. The number of ether oxygens (including phenoxy) is 1. The van der Waals surface area contributed by atoms with Gasteiger partial charge in [0.2, 0.25) is 0 Å². The van der Waals surface area contributed by atoms with Crippen LogP contribution in [0.1, 0.15) is 0 Å². The van der Waals surface area contributed by atoms with Gasteiger partial charge in [-0.2, -0.15) is 0 Å². The van der Waals surface area contributed by atoms with Crippen LogP contribution in [0.4, 0.5) is 0 Å². The lowest BCUT2D eigenvalue weighted by Crippen LogP contribution is -2.53. The quantitative estimate of drug-likeness (QED) is 0.177. The molecule has 4 nitrogen and oxygen atoms in total. The van der Waals surface area contributed by atoms with Crippen LogP contribution in [-0.4, -0.2) is 16.0 Å². The molecule has 0 saturated carbocycles. The summed E-state index contributed by atoms with van der Waals surface area (Å²) in [4.78, 5) is 0. The molecular weight excluding hydrogens is 611 g/mol. The molecule has 0 unspecified atom stereocenters. The zero-order chi connectivity index (χ0) is 31.5. The van der Waals surface area contributed by atoms with Gasteiger partial charge >= 0.3 is 6.92 Å². The first kappa shape index (κ1) is 26.2. The van der Waals surface area contributed by atoms with Crippen LogP contribution < -0.4 is 20.3 Å². The van der Waals surface area contributed by atoms with Crippen molar-refractivity contribution in [1.82, 2.24) is 9.13 Å². The first-order valence-corrected chi connectivity index (χ1v) is 16.5. The summed E-state index contributed by atoms with van der Waals surface area (Å²) in [6.45, 7) is -0.285. The van der Waals surface area contributed by atoms with E-state index in [1.165, 1.54) is 32.6 Å². The van der Waals surface area contributed by atoms with Crippen LogP contribution in [0.15, 0.2) is 146 Å². The molecule has 2 aliphatic heterocycles. The molecule has 0 amide bonds. The van der Waals surface area contributed by atoms with Crippen LogP contribution in [-0.2, 0) is 0 Å². The number of rotatable bonds is 2. The topological polar surface area (TPSA) is 28.3 Å². The summed E-state index contributed by atoms with van der Waals surface area (Å²) in [5.74, 6) is 2.39. The fourth-order valence-electron chi connectivity index (χ4n) is 8.03. The Kier molecular flexibility index (Phi) is 5.22. The number of fused-ring (bicyclic) bond motifs is 10. The van der Waals surface area contributed by atoms with Crippen molar-refractivity contribution in [3.05, 3.63) is 151 Å². The zero-order valence-electron chi connectivity index (χ0n) is 25.5. The van der Waals surface area contributed by atoms with Gasteiger partial charge in [-0.3, -0.25) is 0 Å². The largest absolute Gasteiger partial charge is 0.551 e. The first-order chi connectivity index (χ1) is 23.7. The Hall–Kier alpha value is -5.91. The molecule has 0 N–H and O–H groups in total. The van der Waals surface area contributed by atoms with E-state index in [-0.39, 0.29) is 6.92 Å². The number of aromatic nitrogens is 2. The summed E-state index contributed by atoms with van der Waals surface area (Å²) in [5, 5.41) is 5.54. The van der Waals surface area contributed by atoms with E-state index in [9.17, 15) is 0 Å². The lowest BCUT2D eigenvalue weighted by molar-refractivity contribution is 0.479. The second-order valence-corrected chi connectivity index (χ2v) is 13.0. The van der Waals surface area contributed by atoms with Gasteiger partial charge in [-0.05, 0) is 72.3 Å². The van der Waals surface area contributed by atoms with E-state index in [2.05, 4.69) is 124 Å². The van der Waals surface area contributed by atoms with Gasteiger partial charge in [-0.1, -0.05) is 84.4 Å². The Bertz CT molecular complexity index is 2780. The van der Waals surface area contributed by atoms with Gasteiger partial charge in [0.1, 0.15) is 17.2 Å². The van der Waals surface area contributed by atoms with Crippen LogP contribution in [0, 0.1) is 0 Å². The predicted octanol–water partition coefficient (Wildman–Crippen LogP) is 9.80. The normalized spacial score (nSPS) is 13.0. The monoisotopic (exact) mass is 634 g/mol. The molecule has 0 bridgehead atoms. The van der Waals surface area contributed by atoms with Crippen molar-refractivity contribution < 1.29 is 9.39 Å². The van der Waals surface area contributed by atoms with E-state index < -0.39 is 0 Å². The molecule has 0 fully saturated rings. The van der Waals surface area contributed by atoms with Crippen molar-refractivity contribution >= 4 is 73.1 Å². The third-order valence-corrected chi connectivity index (χ3v) is 10.3. The van der Waals surface area contributed by atoms with E-state index in [1.54, 1.807) is 0 Å². The fraction of sp³-hybridized carbons (Fsp3) is 0. The van der Waals surface area contributed by atoms with Crippen LogP contribution in [0.2, 0.25) is 5.02 Å². The number of nitrogens with zero attached hydrogens (tertiary/aromatic N) is 2. The molecule has 0 spiro atoms. The highest BCUT2D eigenvalue weighted by atomic mass is 35.5. The summed E-state index contributed by atoms with van der Waals surface area (Å²) in [6, 6.07) is 51.3. The SMILES string of the molecule is Clc1ccc2c(c1)OB1c3ccccc3Oc3cc(-n4c5ccccc5c5cc(-n6c7ccccc7c7ccccc76)ccc54)cc-2c31. The van der Waals surface area contributed by atoms with Crippen molar-refractivity contribution in [2.45, 2.75) is 0 Å². The van der Waals surface area contributed by atoms with Gasteiger partial charge in [0, 0.05) is 54.8 Å². The molecule has 11 rings (SSSR count). The highest BCUT2D eigenvalue weighted by Gasteiger charge is 2.41. The maximum absolute atomic E-state index is 6.65. The van der Waals surface area contributed by atoms with Gasteiger partial charge < -0.3 is 18.5 Å². The third-order valence-electron chi connectivity index (χ3n) is 10.0. The van der Waals surface area contributed by atoms with Crippen LogP contribution in [0.5, 0.6) is 17.2 Å². The molecule has 2 aromatic heterocycles. The highest BCUT2D eigenvalue weighted by Crippen LogP contribution is 2.43. The molecule has 0 saturated heterocycles. The predicted molar refractivity (Wildman–Crippen MR) is 198 cm³/mol. The molecule has 224 valence electrons. The van der Waals surface area contributed by atoms with Gasteiger partial charge in [0.25, 0.3) is 0 Å². The smallest absolute Gasteiger partial charge is 0.434 e. The summed E-state index contributed by atoms with van der Waals surface area (Å²) >= 11 is 6.49. The lowest BCUT2D eigenvalue weighted by Gasteiger charge is -2.33. The van der Waals surface area contributed by atoms with Gasteiger partial charge in [-0.15, -0.1) is 0 Å². The molecule has 7 aromatic carbocycles. The number of halogens is 1. The molecule has 4 heterocycles. The standard InChI is InChI=1S/C42H24BClN2O2/c44-25-17-19-31-33-23-27(24-41-42(33)43(48-40(31)21-25)34-12-4-8-16-39(34)47-41)46-37-15-7-3-11-30(37)32-22-26(18-20-38(32)46)45-35-13-5-1-9-28(35)29-10-2-6-14-36(29)45/h1-24H. The van der Waals surface area contributed by atoms with Crippen molar-refractivity contribution in [1.29, 1.82) is 0 Å². The van der Waals surface area contributed by atoms with Gasteiger partial charge in [-0.25, -0.2) is 0 Å². The highest BCUT2D eigenvalue weighted by molar-refractivity contribution is 6.84. The molecule has 48 heavy (non-hydrogen) atoms. The molecule has 0 aliphatic carbocycles. The summed E-state index contributed by atoms with van der Waals surface area (Å²) < 4.78 is 18.1. The summed E-state index contributed by atoms with van der Waals surface area (Å²) in [5.41, 5.74) is 11.0. The Balaban J connectivity index is 1.18. The minimum atomic E-state index is -0.285. The number of hydrogen-bond acceptors (Lipinski definition) is 2. The van der Waals surface area contributed by atoms with Crippen LogP contribution in [0.25, 0.3) is 66.1 Å². The Labute approximate surface area is 281 Å². The second kappa shape index (κ2) is 9.57. The third kappa shape index (κ3) is 3.51. The summed E-state index contributed by atoms with van der Waals surface area (Å²) in [7, 11) is 0. The fourth-order valence-corrected chi connectivity index (χ4v) is 8.19. The van der Waals surface area contributed by atoms with Gasteiger partial charge in [0.05, 0.1) is 27.8 Å². The molecule has 6 heteroatoms. The van der Waals surface area contributed by atoms with Crippen LogP contribution >= 0.6 is 11.6 Å². The maximum atomic E-state index is 6.65. The second-order valence-electron chi connectivity index (χ2n) is 12.6. The van der Waals surface area contributed by atoms with E-state index >= 15 is 0 Å². The minimum Gasteiger partial charge on any atom is -0.551 e. The van der Waals surface area contributed by atoms with E-state index in [0.29, 0.717) is 5.02 Å². The van der Waals surface area contributed by atoms with Gasteiger partial charge in [0.15, 0.2) is 0 Å². The van der Waals surface area contributed by atoms with Crippen LogP contribution in [0.3, 0.4) is 0 Å². The number of para-hydroxylation sites is 4. The minimum absolute atomic E-state index is 0.285. The van der Waals surface area contributed by atoms with E-state index in [0.717, 1.165) is 61.7 Å². The molecule has 2 aliphatic rings. The van der Waals surface area contributed by atoms with Crippen molar-refractivity contribution in [2.75, 3.05) is 0 Å². The van der Waals surface area contributed by atoms with Crippen molar-refractivity contribution in [3.8, 4) is 39.8 Å². The first-order valence-electron chi connectivity index (χ1n) is 16.1. The average Bonchev–Trinajstić information content (AvgIpc) is 3.64. The Morgan fingerprint density at radius 3 is 1.83 bits per heavy atom. The molecule has 0 radical (unpaired) electrons.